The summed E-state index contributed by atoms with van der Waals surface area (Å²) < 4.78 is 19.2. The van der Waals surface area contributed by atoms with Gasteiger partial charge in [0.1, 0.15) is 23.9 Å². The topological polar surface area (TPSA) is 85.3 Å². The second-order valence-corrected chi connectivity index (χ2v) is 11.0. The van der Waals surface area contributed by atoms with Gasteiger partial charge in [0.05, 0.1) is 0 Å². The average Bonchev–Trinajstić information content (AvgIpc) is 3.39. The van der Waals surface area contributed by atoms with E-state index in [0.29, 0.717) is 6.42 Å². The van der Waals surface area contributed by atoms with Crippen LogP contribution in [0.25, 0.3) is 6.08 Å². The van der Waals surface area contributed by atoms with Gasteiger partial charge < -0.3 is 24.2 Å². The molecule has 0 spiro atoms. The Bertz CT molecular complexity index is 1060. The van der Waals surface area contributed by atoms with E-state index in [2.05, 4.69) is 18.9 Å². The summed E-state index contributed by atoms with van der Waals surface area (Å²) in [6.07, 6.45) is 6.27. The fourth-order valence-electron chi connectivity index (χ4n) is 7.05. The first-order chi connectivity index (χ1) is 17.3. The zero-order chi connectivity index (χ0) is 25.5. The van der Waals surface area contributed by atoms with E-state index in [0.717, 1.165) is 49.9 Å². The summed E-state index contributed by atoms with van der Waals surface area (Å²) in [5.74, 6) is -0.893. The Balaban J connectivity index is 1.52. The van der Waals surface area contributed by atoms with Gasteiger partial charge in [0.2, 0.25) is 0 Å². The summed E-state index contributed by atoms with van der Waals surface area (Å²) in [7, 11) is 2.12. The van der Waals surface area contributed by atoms with Crippen molar-refractivity contribution in [2.24, 2.45) is 11.8 Å². The molecule has 36 heavy (non-hydrogen) atoms. The van der Waals surface area contributed by atoms with Crippen molar-refractivity contribution in [1.82, 2.24) is 4.90 Å². The van der Waals surface area contributed by atoms with Crippen molar-refractivity contribution in [3.63, 3.8) is 0 Å². The molecule has 1 aromatic carbocycles. The zero-order valence-corrected chi connectivity index (χ0v) is 21.4. The van der Waals surface area contributed by atoms with Crippen molar-refractivity contribution in [1.29, 1.82) is 0 Å². The summed E-state index contributed by atoms with van der Waals surface area (Å²) in [6, 6.07) is 9.68. The highest BCUT2D eigenvalue weighted by molar-refractivity contribution is 5.87. The highest BCUT2D eigenvalue weighted by atomic mass is 16.6. The van der Waals surface area contributed by atoms with E-state index in [-0.39, 0.29) is 11.8 Å². The lowest BCUT2D eigenvalue weighted by Gasteiger charge is -2.52. The zero-order valence-electron chi connectivity index (χ0n) is 21.4. The van der Waals surface area contributed by atoms with Crippen LogP contribution in [0.2, 0.25) is 0 Å². The number of esters is 2. The maximum atomic E-state index is 13.2. The van der Waals surface area contributed by atoms with Crippen LogP contribution in [0.4, 0.5) is 0 Å². The summed E-state index contributed by atoms with van der Waals surface area (Å²) in [4.78, 5) is 27.7. The minimum atomic E-state index is -0.774. The number of carbonyl (C=O) groups is 2. The van der Waals surface area contributed by atoms with E-state index in [1.807, 2.05) is 37.3 Å². The molecule has 1 N–H and O–H groups in total. The van der Waals surface area contributed by atoms with Gasteiger partial charge in [0.15, 0.2) is 6.10 Å². The van der Waals surface area contributed by atoms with Gasteiger partial charge in [-0.1, -0.05) is 35.9 Å². The first kappa shape index (κ1) is 25.2. The number of carbonyl (C=O) groups excluding carboxylic acids is 2. The number of piperidine rings is 1. The van der Waals surface area contributed by atoms with E-state index >= 15 is 0 Å². The quantitative estimate of drug-likeness (QED) is 0.367. The highest BCUT2D eigenvalue weighted by Crippen LogP contribution is 2.62. The third-order valence-corrected chi connectivity index (χ3v) is 8.91. The standard InChI is InChI=1S/C29H37NO6/c1-19-9-11-22-26(19)27(35-24(32)12-10-20-7-5-4-6-8-20)29(21-13-15-30(3)16-14-21)17-23(28(22,2)36-29)34-25(33)18-31/h4-8,10,12,21-23,27,31H,9,11,13-18H2,1-3H3/b12-10+. The van der Waals surface area contributed by atoms with Crippen LogP contribution in [0.1, 0.15) is 51.5 Å². The molecule has 194 valence electrons. The van der Waals surface area contributed by atoms with Crippen molar-refractivity contribution >= 4 is 18.0 Å². The largest absolute Gasteiger partial charge is 0.457 e. The highest BCUT2D eigenvalue weighted by Gasteiger charge is 2.71. The summed E-state index contributed by atoms with van der Waals surface area (Å²) >= 11 is 0. The Kier molecular flexibility index (Phi) is 6.83. The third kappa shape index (κ3) is 4.31. The van der Waals surface area contributed by atoms with Crippen LogP contribution in [0.5, 0.6) is 0 Å². The number of benzene rings is 1. The van der Waals surface area contributed by atoms with Gasteiger partial charge in [-0.05, 0) is 82.8 Å². The lowest BCUT2D eigenvalue weighted by atomic mass is 9.70. The van der Waals surface area contributed by atoms with Crippen LogP contribution >= 0.6 is 0 Å². The maximum Gasteiger partial charge on any atom is 0.332 e. The number of rotatable bonds is 6. The third-order valence-electron chi connectivity index (χ3n) is 8.91. The molecule has 3 heterocycles. The lowest BCUT2D eigenvalue weighted by molar-refractivity contribution is -0.230. The van der Waals surface area contributed by atoms with E-state index in [1.54, 1.807) is 6.08 Å². The van der Waals surface area contributed by atoms with E-state index in [4.69, 9.17) is 14.2 Å². The van der Waals surface area contributed by atoms with Gasteiger partial charge in [-0.3, -0.25) is 0 Å². The van der Waals surface area contributed by atoms with Crippen molar-refractivity contribution in [3.8, 4) is 0 Å². The SMILES string of the molecule is CC1=C2C(CC1)C1(C)OC(C3CCN(C)CC3)(CC1OC(=O)CO)C2OC(=O)/C=C/c1ccccc1. The molecule has 5 rings (SSSR count). The maximum absolute atomic E-state index is 13.2. The number of aliphatic hydroxyl groups excluding tert-OH is 1. The Morgan fingerprint density at radius 3 is 2.58 bits per heavy atom. The van der Waals surface area contributed by atoms with E-state index < -0.39 is 42.0 Å². The number of hydrogen-bond donors (Lipinski definition) is 1. The van der Waals surface area contributed by atoms with Crippen molar-refractivity contribution in [2.75, 3.05) is 26.7 Å². The molecule has 3 saturated heterocycles. The molecule has 7 heteroatoms. The molecule has 1 aromatic rings. The molecule has 4 aliphatic rings. The number of ether oxygens (including phenoxy) is 3. The minimum Gasteiger partial charge on any atom is -0.457 e. The first-order valence-corrected chi connectivity index (χ1v) is 13.1. The van der Waals surface area contributed by atoms with E-state index in [1.165, 1.54) is 11.6 Å². The second-order valence-electron chi connectivity index (χ2n) is 11.0. The fraction of sp³-hybridized carbons (Fsp3) is 0.586. The first-order valence-electron chi connectivity index (χ1n) is 13.1. The monoisotopic (exact) mass is 495 g/mol. The fourth-order valence-corrected chi connectivity index (χ4v) is 7.05. The van der Waals surface area contributed by atoms with Crippen LogP contribution in [-0.2, 0) is 23.8 Å². The summed E-state index contributed by atoms with van der Waals surface area (Å²) in [5.41, 5.74) is 1.82. The Labute approximate surface area is 213 Å². The number of aliphatic hydroxyl groups is 1. The molecule has 2 bridgehead atoms. The van der Waals surface area contributed by atoms with Crippen LogP contribution in [-0.4, -0.2) is 72.1 Å². The number of nitrogens with zero attached hydrogens (tertiary/aromatic N) is 1. The molecule has 0 saturated carbocycles. The van der Waals surface area contributed by atoms with Crippen molar-refractivity contribution < 1.29 is 28.9 Å². The van der Waals surface area contributed by atoms with Crippen LogP contribution in [0.15, 0.2) is 47.6 Å². The van der Waals surface area contributed by atoms with Gasteiger partial charge in [-0.25, -0.2) is 9.59 Å². The lowest BCUT2D eigenvalue weighted by Crippen LogP contribution is -2.60. The molecule has 0 radical (unpaired) electrons. The Hall–Kier alpha value is -2.48. The predicted octanol–water partition coefficient (Wildman–Crippen LogP) is 3.52. The van der Waals surface area contributed by atoms with Crippen molar-refractivity contribution in [2.45, 2.75) is 69.4 Å². The number of fused-ring (bicyclic) bond motifs is 4. The summed E-state index contributed by atoms with van der Waals surface area (Å²) in [6.45, 7) is 5.37. The van der Waals surface area contributed by atoms with Gasteiger partial charge in [-0.15, -0.1) is 0 Å². The summed E-state index contributed by atoms with van der Waals surface area (Å²) in [5, 5.41) is 9.41. The van der Waals surface area contributed by atoms with Crippen LogP contribution < -0.4 is 0 Å². The predicted molar refractivity (Wildman–Crippen MR) is 135 cm³/mol. The van der Waals surface area contributed by atoms with E-state index in [9.17, 15) is 14.7 Å². The normalized spacial score (nSPS) is 34.7. The molecule has 7 nitrogen and oxygen atoms in total. The Morgan fingerprint density at radius 1 is 1.17 bits per heavy atom. The van der Waals surface area contributed by atoms with Crippen LogP contribution in [0.3, 0.4) is 0 Å². The Morgan fingerprint density at radius 2 is 1.89 bits per heavy atom. The molecule has 1 aliphatic carbocycles. The molecule has 5 unspecified atom stereocenters. The smallest absolute Gasteiger partial charge is 0.332 e. The molecule has 3 fully saturated rings. The molecule has 0 aromatic heterocycles. The molecule has 5 atom stereocenters. The van der Waals surface area contributed by atoms with Gasteiger partial charge in [0, 0.05) is 18.4 Å². The number of likely N-dealkylation sites (tertiary alicyclic amines) is 1. The minimum absolute atomic E-state index is 0.00761. The average molecular weight is 496 g/mol. The van der Waals surface area contributed by atoms with Gasteiger partial charge in [0.25, 0.3) is 0 Å². The molecule has 3 aliphatic heterocycles. The van der Waals surface area contributed by atoms with Crippen LogP contribution in [0, 0.1) is 11.8 Å². The molecular formula is C29H37NO6. The molecular weight excluding hydrogens is 458 g/mol. The van der Waals surface area contributed by atoms with Gasteiger partial charge >= 0.3 is 11.9 Å². The van der Waals surface area contributed by atoms with Crippen molar-refractivity contribution in [3.05, 3.63) is 53.1 Å². The molecule has 0 amide bonds. The number of hydrogen-bond acceptors (Lipinski definition) is 7. The number of allylic oxidation sites excluding steroid dienone is 1. The second kappa shape index (κ2) is 9.77. The van der Waals surface area contributed by atoms with Gasteiger partial charge in [-0.2, -0.15) is 0 Å².